The second-order valence-corrected chi connectivity index (χ2v) is 4.07. The van der Waals surface area contributed by atoms with Crippen LogP contribution in [-0.4, -0.2) is 50.2 Å². The van der Waals surface area contributed by atoms with Gasteiger partial charge < -0.3 is 20.1 Å². The van der Waals surface area contributed by atoms with Crippen molar-refractivity contribution in [3.05, 3.63) is 23.8 Å². The highest BCUT2D eigenvalue weighted by atomic mass is 16.5. The molecule has 100 valence electrons. The monoisotopic (exact) mass is 252 g/mol. The van der Waals surface area contributed by atoms with Gasteiger partial charge in [-0.1, -0.05) is 0 Å². The summed E-state index contributed by atoms with van der Waals surface area (Å²) in [6, 6.07) is 4.66. The lowest BCUT2D eigenvalue weighted by molar-refractivity contribution is 0.0793. The fraction of sp³-hybridized carbons (Fsp3) is 0.462. The van der Waals surface area contributed by atoms with Gasteiger partial charge in [-0.3, -0.25) is 4.79 Å². The number of hydrogen-bond donors (Lipinski definition) is 2. The Hall–Kier alpha value is -1.75. The number of aromatic hydroxyl groups is 1. The molecular weight excluding hydrogens is 232 g/mol. The molecule has 0 heterocycles. The molecule has 0 unspecified atom stereocenters. The lowest BCUT2D eigenvalue weighted by Gasteiger charge is -2.17. The Balaban J connectivity index is 2.68. The first-order valence-electron chi connectivity index (χ1n) is 5.87. The highest BCUT2D eigenvalue weighted by molar-refractivity contribution is 5.94. The van der Waals surface area contributed by atoms with Crippen molar-refractivity contribution < 1.29 is 14.6 Å². The van der Waals surface area contributed by atoms with Crippen molar-refractivity contribution in [2.75, 3.05) is 34.3 Å². The molecule has 0 fully saturated rings. The minimum Gasteiger partial charge on any atom is -0.504 e. The first-order valence-corrected chi connectivity index (χ1v) is 5.87. The molecule has 2 N–H and O–H groups in total. The fourth-order valence-corrected chi connectivity index (χ4v) is 1.64. The first kappa shape index (κ1) is 14.3. The third-order valence-electron chi connectivity index (χ3n) is 2.69. The number of rotatable bonds is 6. The summed E-state index contributed by atoms with van der Waals surface area (Å²) in [5.74, 6) is 0.236. The maximum atomic E-state index is 12.0. The molecule has 5 nitrogen and oxygen atoms in total. The molecule has 0 aromatic heterocycles. The molecule has 1 aromatic carbocycles. The number of methoxy groups -OCH3 is 1. The van der Waals surface area contributed by atoms with Gasteiger partial charge in [0.25, 0.3) is 5.91 Å². The molecule has 0 radical (unpaired) electrons. The Labute approximate surface area is 107 Å². The number of amides is 1. The van der Waals surface area contributed by atoms with E-state index < -0.39 is 0 Å². The number of phenols is 1. The lowest BCUT2D eigenvalue weighted by Crippen LogP contribution is -2.29. The molecule has 0 spiro atoms. The van der Waals surface area contributed by atoms with Crippen molar-refractivity contribution in [1.82, 2.24) is 10.2 Å². The van der Waals surface area contributed by atoms with Crippen LogP contribution < -0.4 is 10.1 Å². The van der Waals surface area contributed by atoms with Crippen LogP contribution in [0.5, 0.6) is 11.5 Å². The Morgan fingerprint density at radius 1 is 1.50 bits per heavy atom. The zero-order chi connectivity index (χ0) is 13.5. The van der Waals surface area contributed by atoms with E-state index in [9.17, 15) is 9.90 Å². The SMILES string of the molecule is CNCCCN(C)C(=O)c1ccc(OC)c(O)c1. The standard InChI is InChI=1S/C13H20N2O3/c1-14-7-4-8-15(2)13(17)10-5-6-12(18-3)11(16)9-10/h5-6,9,14,16H,4,7-8H2,1-3H3. The molecule has 18 heavy (non-hydrogen) atoms. The Bertz CT molecular complexity index is 407. The van der Waals surface area contributed by atoms with Crippen molar-refractivity contribution in [2.45, 2.75) is 6.42 Å². The third-order valence-corrected chi connectivity index (χ3v) is 2.69. The summed E-state index contributed by atoms with van der Waals surface area (Å²) in [4.78, 5) is 13.7. The third kappa shape index (κ3) is 3.63. The van der Waals surface area contributed by atoms with Gasteiger partial charge in [0.2, 0.25) is 0 Å². The largest absolute Gasteiger partial charge is 0.504 e. The normalized spacial score (nSPS) is 10.2. The molecule has 1 amide bonds. The van der Waals surface area contributed by atoms with E-state index in [0.29, 0.717) is 17.9 Å². The first-order chi connectivity index (χ1) is 8.60. The summed E-state index contributed by atoms with van der Waals surface area (Å²) < 4.78 is 4.94. The van der Waals surface area contributed by atoms with Gasteiger partial charge in [0.05, 0.1) is 7.11 Å². The minimum atomic E-state index is -0.107. The number of nitrogens with one attached hydrogen (secondary N) is 1. The minimum absolute atomic E-state index is 0.0213. The van der Waals surface area contributed by atoms with E-state index in [1.165, 1.54) is 13.2 Å². The summed E-state index contributed by atoms with van der Waals surface area (Å²) in [7, 11) is 5.10. The van der Waals surface area contributed by atoms with Crippen molar-refractivity contribution in [3.63, 3.8) is 0 Å². The van der Waals surface area contributed by atoms with Gasteiger partial charge >= 0.3 is 0 Å². The van der Waals surface area contributed by atoms with Crippen LogP contribution in [0.4, 0.5) is 0 Å². The van der Waals surface area contributed by atoms with Crippen LogP contribution in [0, 0.1) is 0 Å². The van der Waals surface area contributed by atoms with Gasteiger partial charge in [-0.15, -0.1) is 0 Å². The van der Waals surface area contributed by atoms with E-state index in [1.807, 2.05) is 7.05 Å². The second-order valence-electron chi connectivity index (χ2n) is 4.07. The number of nitrogens with zero attached hydrogens (tertiary/aromatic N) is 1. The van der Waals surface area contributed by atoms with Gasteiger partial charge in [-0.2, -0.15) is 0 Å². The highest BCUT2D eigenvalue weighted by Crippen LogP contribution is 2.26. The summed E-state index contributed by atoms with van der Waals surface area (Å²) >= 11 is 0. The smallest absolute Gasteiger partial charge is 0.253 e. The van der Waals surface area contributed by atoms with Crippen LogP contribution in [0.1, 0.15) is 16.8 Å². The van der Waals surface area contributed by atoms with Crippen molar-refractivity contribution in [1.29, 1.82) is 0 Å². The van der Waals surface area contributed by atoms with Gasteiger partial charge in [-0.05, 0) is 38.2 Å². The topological polar surface area (TPSA) is 61.8 Å². The number of hydrogen-bond acceptors (Lipinski definition) is 4. The summed E-state index contributed by atoms with van der Waals surface area (Å²) in [5.41, 5.74) is 0.459. The van der Waals surface area contributed by atoms with E-state index >= 15 is 0 Å². The zero-order valence-corrected chi connectivity index (χ0v) is 11.1. The van der Waals surface area contributed by atoms with Crippen LogP contribution in [0.15, 0.2) is 18.2 Å². The zero-order valence-electron chi connectivity index (χ0n) is 11.1. The maximum Gasteiger partial charge on any atom is 0.253 e. The quantitative estimate of drug-likeness (QED) is 0.744. The molecule has 0 saturated heterocycles. The maximum absolute atomic E-state index is 12.0. The van der Waals surface area contributed by atoms with Crippen LogP contribution in [0.2, 0.25) is 0 Å². The number of ether oxygens (including phenoxy) is 1. The van der Waals surface area contributed by atoms with E-state index in [-0.39, 0.29) is 11.7 Å². The molecular formula is C13H20N2O3. The van der Waals surface area contributed by atoms with E-state index in [2.05, 4.69) is 5.32 Å². The summed E-state index contributed by atoms with van der Waals surface area (Å²) in [5, 5.41) is 12.7. The Morgan fingerprint density at radius 3 is 2.78 bits per heavy atom. The molecule has 1 aromatic rings. The van der Waals surface area contributed by atoms with Crippen molar-refractivity contribution >= 4 is 5.91 Å². The van der Waals surface area contributed by atoms with Crippen molar-refractivity contribution in [2.24, 2.45) is 0 Å². The molecule has 0 aliphatic heterocycles. The molecule has 0 aliphatic rings. The van der Waals surface area contributed by atoms with Gasteiger partial charge in [-0.25, -0.2) is 0 Å². The average molecular weight is 252 g/mol. The summed E-state index contributed by atoms with van der Waals surface area (Å²) in [6.45, 7) is 1.54. The van der Waals surface area contributed by atoms with Gasteiger partial charge in [0.1, 0.15) is 0 Å². The number of carbonyl (C=O) groups is 1. The highest BCUT2D eigenvalue weighted by Gasteiger charge is 2.13. The summed E-state index contributed by atoms with van der Waals surface area (Å²) in [6.07, 6.45) is 0.890. The lowest BCUT2D eigenvalue weighted by atomic mass is 10.1. The number of phenolic OH excluding ortho intramolecular Hbond substituents is 1. The molecule has 5 heteroatoms. The average Bonchev–Trinajstić information content (AvgIpc) is 2.38. The Morgan fingerprint density at radius 2 is 2.22 bits per heavy atom. The molecule has 1 rings (SSSR count). The molecule has 0 bridgehead atoms. The van der Waals surface area contributed by atoms with Crippen molar-refractivity contribution in [3.8, 4) is 11.5 Å². The number of carbonyl (C=O) groups excluding carboxylic acids is 1. The van der Waals surface area contributed by atoms with Gasteiger partial charge in [0.15, 0.2) is 11.5 Å². The predicted molar refractivity (Wildman–Crippen MR) is 70.2 cm³/mol. The van der Waals surface area contributed by atoms with Crippen LogP contribution in [-0.2, 0) is 0 Å². The van der Waals surface area contributed by atoms with Crippen LogP contribution >= 0.6 is 0 Å². The van der Waals surface area contributed by atoms with Gasteiger partial charge in [0, 0.05) is 19.2 Å². The Kier molecular flexibility index (Phi) is 5.45. The van der Waals surface area contributed by atoms with E-state index in [4.69, 9.17) is 4.74 Å². The van der Waals surface area contributed by atoms with Crippen LogP contribution in [0.25, 0.3) is 0 Å². The molecule has 0 atom stereocenters. The number of benzene rings is 1. The fourth-order valence-electron chi connectivity index (χ4n) is 1.64. The second kappa shape index (κ2) is 6.86. The van der Waals surface area contributed by atoms with E-state index in [1.54, 1.807) is 24.1 Å². The predicted octanol–water partition coefficient (Wildman–Crippen LogP) is 1.08. The molecule has 0 saturated carbocycles. The van der Waals surface area contributed by atoms with E-state index in [0.717, 1.165) is 13.0 Å². The van der Waals surface area contributed by atoms with Crippen LogP contribution in [0.3, 0.4) is 0 Å². The molecule has 0 aliphatic carbocycles.